The number of rotatable bonds is 4. The Hall–Kier alpha value is -1.99. The molecule has 0 unspecified atom stereocenters. The van der Waals surface area contributed by atoms with Gasteiger partial charge in [0.2, 0.25) is 9.84 Å². The van der Waals surface area contributed by atoms with E-state index in [1.54, 1.807) is 18.2 Å². The number of nitrogens with one attached hydrogen (secondary N) is 1. The van der Waals surface area contributed by atoms with Crippen LogP contribution in [0.1, 0.15) is 15.9 Å². The molecule has 1 amide bonds. The molecule has 0 spiro atoms. The van der Waals surface area contributed by atoms with E-state index in [0.29, 0.717) is 10.7 Å². The van der Waals surface area contributed by atoms with Gasteiger partial charge >= 0.3 is 5.76 Å². The van der Waals surface area contributed by atoms with Crippen molar-refractivity contribution in [1.29, 1.82) is 0 Å². The summed E-state index contributed by atoms with van der Waals surface area (Å²) in [5.41, 5.74) is 1.45. The third kappa shape index (κ3) is 3.86. The summed E-state index contributed by atoms with van der Waals surface area (Å²) in [6, 6.07) is 9.24. The smallest absolute Gasteiger partial charge is 0.322 e. The van der Waals surface area contributed by atoms with Gasteiger partial charge in [-0.1, -0.05) is 17.7 Å². The number of halogens is 3. The van der Waals surface area contributed by atoms with E-state index in [2.05, 4.69) is 5.32 Å². The molecule has 122 valence electrons. The maximum absolute atomic E-state index is 12.4. The molecule has 0 aliphatic carbocycles. The van der Waals surface area contributed by atoms with Crippen molar-refractivity contribution in [3.63, 3.8) is 0 Å². The summed E-state index contributed by atoms with van der Waals surface area (Å²) in [5.74, 6) is -4.01. The second-order valence-electron chi connectivity index (χ2n) is 4.75. The Labute approximate surface area is 137 Å². The lowest BCUT2D eigenvalue weighted by Crippen LogP contribution is -2.14. The summed E-state index contributed by atoms with van der Waals surface area (Å²) in [6.07, 6.45) is 0. The summed E-state index contributed by atoms with van der Waals surface area (Å²) >= 11 is 5.95. The molecule has 0 radical (unpaired) electrons. The maximum atomic E-state index is 12.4. The number of carbonyl (C=O) groups is 1. The van der Waals surface area contributed by atoms with Gasteiger partial charge in [0.05, 0.1) is 4.90 Å². The molecule has 2 aromatic carbocycles. The number of alkyl halides is 2. The van der Waals surface area contributed by atoms with Gasteiger partial charge in [0.1, 0.15) is 0 Å². The van der Waals surface area contributed by atoms with Gasteiger partial charge in [-0.2, -0.15) is 8.78 Å². The Bertz CT molecular complexity index is 836. The van der Waals surface area contributed by atoms with E-state index in [4.69, 9.17) is 11.6 Å². The first-order valence-corrected chi connectivity index (χ1v) is 8.34. The zero-order valence-electron chi connectivity index (χ0n) is 11.9. The lowest BCUT2D eigenvalue weighted by Gasteiger charge is -2.08. The van der Waals surface area contributed by atoms with Crippen LogP contribution in [0.2, 0.25) is 5.02 Å². The second-order valence-corrected chi connectivity index (χ2v) is 7.07. The van der Waals surface area contributed by atoms with Gasteiger partial charge in [0.25, 0.3) is 5.91 Å². The van der Waals surface area contributed by atoms with Crippen LogP contribution in [0, 0.1) is 6.92 Å². The molecular formula is C15H12ClF2NO3S. The molecule has 2 rings (SSSR count). The predicted octanol–water partition coefficient (Wildman–Crippen LogP) is 3.90. The molecule has 0 aliphatic heterocycles. The summed E-state index contributed by atoms with van der Waals surface area (Å²) in [6.45, 7) is 1.82. The van der Waals surface area contributed by atoms with Gasteiger partial charge < -0.3 is 5.32 Å². The van der Waals surface area contributed by atoms with Gasteiger partial charge in [-0.15, -0.1) is 0 Å². The molecule has 4 nitrogen and oxygen atoms in total. The van der Waals surface area contributed by atoms with Crippen LogP contribution >= 0.6 is 11.6 Å². The molecule has 0 heterocycles. The Kier molecular flexibility index (Phi) is 5.01. The zero-order valence-corrected chi connectivity index (χ0v) is 13.5. The number of amides is 1. The average molecular weight is 360 g/mol. The van der Waals surface area contributed by atoms with Crippen LogP contribution in [0.25, 0.3) is 0 Å². The molecular weight excluding hydrogens is 348 g/mol. The molecule has 0 saturated carbocycles. The molecule has 0 atom stereocenters. The molecule has 23 heavy (non-hydrogen) atoms. The highest BCUT2D eigenvalue weighted by Gasteiger charge is 2.26. The summed E-state index contributed by atoms with van der Waals surface area (Å²) < 4.78 is 47.5. The normalized spacial score (nSPS) is 11.5. The van der Waals surface area contributed by atoms with Crippen molar-refractivity contribution in [3.8, 4) is 0 Å². The third-order valence-corrected chi connectivity index (χ3v) is 4.91. The number of benzene rings is 2. The van der Waals surface area contributed by atoms with Crippen molar-refractivity contribution < 1.29 is 22.0 Å². The fourth-order valence-corrected chi connectivity index (χ4v) is 2.67. The van der Waals surface area contributed by atoms with Crippen LogP contribution in [0.4, 0.5) is 14.5 Å². The molecule has 0 bridgehead atoms. The van der Waals surface area contributed by atoms with E-state index in [9.17, 15) is 22.0 Å². The van der Waals surface area contributed by atoms with Crippen LogP contribution in [-0.2, 0) is 9.84 Å². The van der Waals surface area contributed by atoms with E-state index < -0.39 is 26.4 Å². The summed E-state index contributed by atoms with van der Waals surface area (Å²) in [5, 5.41) is 3.07. The zero-order chi connectivity index (χ0) is 17.2. The Balaban J connectivity index is 2.19. The highest BCUT2D eigenvalue weighted by Crippen LogP contribution is 2.21. The number of aryl methyl sites for hydroxylation is 1. The minimum absolute atomic E-state index is 0.134. The lowest BCUT2D eigenvalue weighted by molar-refractivity contribution is 0.102. The number of anilines is 1. The largest absolute Gasteiger partial charge is 0.341 e. The van der Waals surface area contributed by atoms with E-state index in [1.165, 1.54) is 12.1 Å². The molecule has 0 saturated heterocycles. The minimum atomic E-state index is -4.67. The van der Waals surface area contributed by atoms with Crippen molar-refractivity contribution in [2.24, 2.45) is 0 Å². The van der Waals surface area contributed by atoms with Crippen molar-refractivity contribution >= 4 is 33.0 Å². The predicted molar refractivity (Wildman–Crippen MR) is 83.8 cm³/mol. The lowest BCUT2D eigenvalue weighted by atomic mass is 10.2. The third-order valence-electron chi connectivity index (χ3n) is 3.11. The van der Waals surface area contributed by atoms with Crippen LogP contribution in [0.5, 0.6) is 0 Å². The summed E-state index contributed by atoms with van der Waals surface area (Å²) in [4.78, 5) is 11.5. The molecule has 1 N–H and O–H groups in total. The van der Waals surface area contributed by atoms with E-state index in [0.717, 1.165) is 17.7 Å². The number of sulfone groups is 1. The van der Waals surface area contributed by atoms with E-state index in [-0.39, 0.29) is 5.56 Å². The fraction of sp³-hybridized carbons (Fsp3) is 0.133. The van der Waals surface area contributed by atoms with Gasteiger partial charge in [-0.05, 0) is 48.9 Å². The molecule has 2 aromatic rings. The SMILES string of the molecule is Cc1ccc(NC(=O)c2ccc(S(=O)(=O)C(F)F)cc2)cc1Cl. The van der Waals surface area contributed by atoms with Crippen molar-refractivity contribution in [3.05, 3.63) is 58.6 Å². The minimum Gasteiger partial charge on any atom is -0.322 e. The Morgan fingerprint density at radius 2 is 1.74 bits per heavy atom. The van der Waals surface area contributed by atoms with Crippen LogP contribution in [-0.4, -0.2) is 20.1 Å². The first-order chi connectivity index (χ1) is 10.7. The highest BCUT2D eigenvalue weighted by atomic mass is 35.5. The number of hydrogen-bond acceptors (Lipinski definition) is 3. The standard InChI is InChI=1S/C15H12ClF2NO3S/c1-9-2-5-11(8-13(9)16)19-14(20)10-3-6-12(7-4-10)23(21,22)15(17)18/h2-8,15H,1H3,(H,19,20). The summed E-state index contributed by atoms with van der Waals surface area (Å²) in [7, 11) is -4.67. The first-order valence-electron chi connectivity index (χ1n) is 6.41. The van der Waals surface area contributed by atoms with Gasteiger partial charge in [-0.3, -0.25) is 4.79 Å². The first kappa shape index (κ1) is 17.4. The monoisotopic (exact) mass is 359 g/mol. The van der Waals surface area contributed by atoms with Crippen molar-refractivity contribution in [2.45, 2.75) is 17.6 Å². The van der Waals surface area contributed by atoms with E-state index in [1.807, 2.05) is 6.92 Å². The average Bonchev–Trinajstić information content (AvgIpc) is 2.51. The van der Waals surface area contributed by atoms with Crippen LogP contribution in [0.3, 0.4) is 0 Å². The van der Waals surface area contributed by atoms with Crippen molar-refractivity contribution in [2.75, 3.05) is 5.32 Å². The molecule has 8 heteroatoms. The van der Waals surface area contributed by atoms with Gasteiger partial charge in [0, 0.05) is 16.3 Å². The topological polar surface area (TPSA) is 63.2 Å². The number of hydrogen-bond donors (Lipinski definition) is 1. The highest BCUT2D eigenvalue weighted by molar-refractivity contribution is 7.91. The van der Waals surface area contributed by atoms with Gasteiger partial charge in [0.15, 0.2) is 0 Å². The fourth-order valence-electron chi connectivity index (χ4n) is 1.77. The molecule has 0 aliphatic rings. The second kappa shape index (κ2) is 6.64. The Morgan fingerprint density at radius 1 is 1.13 bits per heavy atom. The molecule has 0 fully saturated rings. The quantitative estimate of drug-likeness (QED) is 0.900. The van der Waals surface area contributed by atoms with E-state index >= 15 is 0 Å². The molecule has 0 aromatic heterocycles. The Morgan fingerprint density at radius 3 is 2.26 bits per heavy atom. The maximum Gasteiger partial charge on any atom is 0.341 e. The number of carbonyl (C=O) groups excluding carboxylic acids is 1. The van der Waals surface area contributed by atoms with Crippen LogP contribution < -0.4 is 5.32 Å². The van der Waals surface area contributed by atoms with Crippen LogP contribution in [0.15, 0.2) is 47.4 Å². The van der Waals surface area contributed by atoms with Crippen molar-refractivity contribution in [1.82, 2.24) is 0 Å². The van der Waals surface area contributed by atoms with Gasteiger partial charge in [-0.25, -0.2) is 8.42 Å².